The van der Waals surface area contributed by atoms with Crippen LogP contribution in [0.3, 0.4) is 0 Å². The van der Waals surface area contributed by atoms with Gasteiger partial charge in [0.25, 0.3) is 0 Å². The number of rotatable bonds is 4. The predicted molar refractivity (Wildman–Crippen MR) is 96.2 cm³/mol. The van der Waals surface area contributed by atoms with Crippen LogP contribution in [-0.4, -0.2) is 43.8 Å². The first-order valence-corrected chi connectivity index (χ1v) is 10.0. The first-order valence-electron chi connectivity index (χ1n) is 8.60. The van der Waals surface area contributed by atoms with Crippen molar-refractivity contribution in [2.24, 2.45) is 0 Å². The zero-order valence-electron chi connectivity index (χ0n) is 14.7. The Morgan fingerprint density at radius 3 is 2.50 bits per heavy atom. The summed E-state index contributed by atoms with van der Waals surface area (Å²) in [5.74, 6) is -1.84. The molecule has 1 fully saturated rings. The SMILES string of the molecule is Cc1ccccc1CN1CCCN(S(=O)(=O)c2ccc(F)cc2F)CC1. The Labute approximate surface area is 153 Å². The molecule has 2 aromatic rings. The summed E-state index contributed by atoms with van der Waals surface area (Å²) in [6.07, 6.45) is 0.661. The molecule has 0 aromatic heterocycles. The molecular weight excluding hydrogens is 358 g/mol. The van der Waals surface area contributed by atoms with Crippen molar-refractivity contribution in [2.45, 2.75) is 24.8 Å². The highest BCUT2D eigenvalue weighted by molar-refractivity contribution is 7.89. The van der Waals surface area contributed by atoms with Crippen molar-refractivity contribution in [1.82, 2.24) is 9.21 Å². The Morgan fingerprint density at radius 2 is 1.77 bits per heavy atom. The molecule has 1 aliphatic heterocycles. The van der Waals surface area contributed by atoms with Gasteiger partial charge in [-0.15, -0.1) is 0 Å². The average Bonchev–Trinajstić information content (AvgIpc) is 2.83. The number of hydrogen-bond donors (Lipinski definition) is 0. The molecule has 4 nitrogen and oxygen atoms in total. The Bertz CT molecular complexity index is 887. The molecule has 2 aromatic carbocycles. The van der Waals surface area contributed by atoms with Crippen LogP contribution < -0.4 is 0 Å². The fourth-order valence-corrected chi connectivity index (χ4v) is 4.71. The van der Waals surface area contributed by atoms with E-state index in [2.05, 4.69) is 24.0 Å². The van der Waals surface area contributed by atoms with E-state index in [1.807, 2.05) is 12.1 Å². The molecule has 140 valence electrons. The third kappa shape index (κ3) is 4.11. The quantitative estimate of drug-likeness (QED) is 0.818. The van der Waals surface area contributed by atoms with Gasteiger partial charge in [-0.3, -0.25) is 4.90 Å². The monoisotopic (exact) mass is 380 g/mol. The van der Waals surface area contributed by atoms with Crippen LogP contribution in [0.1, 0.15) is 17.5 Å². The predicted octanol–water partition coefficient (Wildman–Crippen LogP) is 3.17. The lowest BCUT2D eigenvalue weighted by atomic mass is 10.1. The number of benzene rings is 2. The summed E-state index contributed by atoms with van der Waals surface area (Å²) < 4.78 is 53.8. The molecule has 0 unspecified atom stereocenters. The maximum atomic E-state index is 14.0. The Balaban J connectivity index is 1.72. The average molecular weight is 380 g/mol. The lowest BCUT2D eigenvalue weighted by Gasteiger charge is -2.22. The normalized spacial score (nSPS) is 17.2. The number of hydrogen-bond acceptors (Lipinski definition) is 3. The van der Waals surface area contributed by atoms with Crippen molar-refractivity contribution in [1.29, 1.82) is 0 Å². The van der Waals surface area contributed by atoms with Gasteiger partial charge < -0.3 is 0 Å². The smallest absolute Gasteiger partial charge is 0.246 e. The molecule has 0 aliphatic carbocycles. The minimum Gasteiger partial charge on any atom is -0.298 e. The Hall–Kier alpha value is -1.83. The Kier molecular flexibility index (Phi) is 5.70. The van der Waals surface area contributed by atoms with E-state index in [-0.39, 0.29) is 6.54 Å². The maximum absolute atomic E-state index is 14.0. The molecule has 0 atom stereocenters. The largest absolute Gasteiger partial charge is 0.298 e. The van der Waals surface area contributed by atoms with Crippen molar-refractivity contribution < 1.29 is 17.2 Å². The summed E-state index contributed by atoms with van der Waals surface area (Å²) in [5.41, 5.74) is 2.42. The summed E-state index contributed by atoms with van der Waals surface area (Å²) >= 11 is 0. The molecule has 7 heteroatoms. The molecule has 26 heavy (non-hydrogen) atoms. The van der Waals surface area contributed by atoms with Crippen LogP contribution in [0.25, 0.3) is 0 Å². The summed E-state index contributed by atoms with van der Waals surface area (Å²) in [4.78, 5) is 1.74. The maximum Gasteiger partial charge on any atom is 0.246 e. The molecule has 1 heterocycles. The van der Waals surface area contributed by atoms with Gasteiger partial charge >= 0.3 is 0 Å². The van der Waals surface area contributed by atoms with Crippen molar-refractivity contribution >= 4 is 10.0 Å². The molecule has 0 N–H and O–H groups in total. The van der Waals surface area contributed by atoms with Gasteiger partial charge in [0.15, 0.2) is 0 Å². The minimum atomic E-state index is -3.97. The molecule has 0 saturated carbocycles. The van der Waals surface area contributed by atoms with Crippen molar-refractivity contribution in [3.63, 3.8) is 0 Å². The van der Waals surface area contributed by atoms with Gasteiger partial charge in [-0.2, -0.15) is 4.31 Å². The lowest BCUT2D eigenvalue weighted by molar-refractivity contribution is 0.278. The minimum absolute atomic E-state index is 0.283. The summed E-state index contributed by atoms with van der Waals surface area (Å²) in [5, 5.41) is 0. The first kappa shape index (κ1) is 18.9. The van der Waals surface area contributed by atoms with E-state index in [1.165, 1.54) is 15.4 Å². The fraction of sp³-hybridized carbons (Fsp3) is 0.368. The number of nitrogens with zero attached hydrogens (tertiary/aromatic N) is 2. The fourth-order valence-electron chi connectivity index (χ4n) is 3.20. The van der Waals surface area contributed by atoms with Crippen LogP contribution in [-0.2, 0) is 16.6 Å². The van der Waals surface area contributed by atoms with Gasteiger partial charge in [0, 0.05) is 32.2 Å². The van der Waals surface area contributed by atoms with Crippen LogP contribution >= 0.6 is 0 Å². The van der Waals surface area contributed by atoms with Gasteiger partial charge in [-0.05, 0) is 43.1 Å². The second kappa shape index (κ2) is 7.82. The van der Waals surface area contributed by atoms with Crippen LogP contribution in [0.4, 0.5) is 8.78 Å². The van der Waals surface area contributed by atoms with E-state index in [0.29, 0.717) is 25.6 Å². The van der Waals surface area contributed by atoms with Crippen molar-refractivity contribution in [3.05, 3.63) is 65.2 Å². The van der Waals surface area contributed by atoms with Gasteiger partial charge in [-0.1, -0.05) is 24.3 Å². The highest BCUT2D eigenvalue weighted by atomic mass is 32.2. The molecule has 1 saturated heterocycles. The standard InChI is InChI=1S/C19H22F2N2O2S/c1-15-5-2-3-6-16(15)14-22-9-4-10-23(12-11-22)26(24,25)19-8-7-17(20)13-18(19)21/h2-3,5-8,13H,4,9-12,14H2,1H3. The highest BCUT2D eigenvalue weighted by Gasteiger charge is 2.29. The van der Waals surface area contributed by atoms with E-state index in [1.54, 1.807) is 0 Å². The summed E-state index contributed by atoms with van der Waals surface area (Å²) in [7, 11) is -3.97. The molecule has 0 radical (unpaired) electrons. The van der Waals surface area contributed by atoms with E-state index in [4.69, 9.17) is 0 Å². The van der Waals surface area contributed by atoms with E-state index < -0.39 is 26.6 Å². The van der Waals surface area contributed by atoms with Crippen LogP contribution in [0.5, 0.6) is 0 Å². The van der Waals surface area contributed by atoms with E-state index in [0.717, 1.165) is 25.2 Å². The second-order valence-corrected chi connectivity index (χ2v) is 8.44. The third-order valence-corrected chi connectivity index (χ3v) is 6.65. The van der Waals surface area contributed by atoms with Crippen molar-refractivity contribution in [3.8, 4) is 0 Å². The molecule has 0 spiro atoms. The van der Waals surface area contributed by atoms with Gasteiger partial charge in [0.1, 0.15) is 16.5 Å². The number of halogens is 2. The van der Waals surface area contributed by atoms with Crippen LogP contribution in [0.15, 0.2) is 47.4 Å². The summed E-state index contributed by atoms with van der Waals surface area (Å²) in [6, 6.07) is 10.7. The van der Waals surface area contributed by atoms with Gasteiger partial charge in [-0.25, -0.2) is 17.2 Å². The Morgan fingerprint density at radius 1 is 1.00 bits per heavy atom. The zero-order chi connectivity index (χ0) is 18.7. The number of aryl methyl sites for hydroxylation is 1. The first-order chi connectivity index (χ1) is 12.4. The lowest BCUT2D eigenvalue weighted by Crippen LogP contribution is -2.35. The van der Waals surface area contributed by atoms with Crippen LogP contribution in [0, 0.1) is 18.6 Å². The zero-order valence-corrected chi connectivity index (χ0v) is 15.5. The van der Waals surface area contributed by atoms with Gasteiger partial charge in [0.2, 0.25) is 10.0 Å². The topological polar surface area (TPSA) is 40.6 Å². The van der Waals surface area contributed by atoms with E-state index in [9.17, 15) is 17.2 Å². The highest BCUT2D eigenvalue weighted by Crippen LogP contribution is 2.22. The molecule has 0 amide bonds. The second-order valence-electron chi connectivity index (χ2n) is 6.54. The molecular formula is C19H22F2N2O2S. The van der Waals surface area contributed by atoms with Gasteiger partial charge in [0.05, 0.1) is 0 Å². The summed E-state index contributed by atoms with van der Waals surface area (Å²) in [6.45, 7) is 4.75. The third-order valence-electron chi connectivity index (χ3n) is 4.71. The molecule has 3 rings (SSSR count). The van der Waals surface area contributed by atoms with Crippen LogP contribution in [0.2, 0.25) is 0 Å². The number of sulfonamides is 1. The van der Waals surface area contributed by atoms with E-state index >= 15 is 0 Å². The molecule has 0 bridgehead atoms. The molecule has 1 aliphatic rings. The van der Waals surface area contributed by atoms with Crippen molar-refractivity contribution in [2.75, 3.05) is 26.2 Å².